The van der Waals surface area contributed by atoms with E-state index in [1.165, 1.54) is 154 Å². The van der Waals surface area contributed by atoms with Gasteiger partial charge in [-0.1, -0.05) is 437 Å². The predicted molar refractivity (Wildman–Crippen MR) is 625 cm³/mol. The van der Waals surface area contributed by atoms with Crippen LogP contribution in [0.3, 0.4) is 0 Å². The van der Waals surface area contributed by atoms with E-state index in [4.69, 9.17) is 38.7 Å². The summed E-state index contributed by atoms with van der Waals surface area (Å²) in [7, 11) is 0. The number of hydrogen-bond donors (Lipinski definition) is 0. The maximum Gasteiger partial charge on any atom is 0.164 e. The van der Waals surface area contributed by atoms with Crippen molar-refractivity contribution in [1.82, 2.24) is 29.9 Å². The molecule has 0 atom stereocenters. The summed E-state index contributed by atoms with van der Waals surface area (Å²) in [5.41, 5.74) is 34.0. The Bertz CT molecular complexity index is 9950. The molecule has 0 bridgehead atoms. The summed E-state index contributed by atoms with van der Waals surface area (Å²) in [6.45, 7) is 33.5. The van der Waals surface area contributed by atoms with Crippen molar-refractivity contribution in [3.8, 4) is 113 Å². The highest BCUT2D eigenvalue weighted by molar-refractivity contribution is 6.21. The van der Waals surface area contributed by atoms with E-state index in [9.17, 15) is 0 Å². The molecule has 722 valence electrons. The summed E-state index contributed by atoms with van der Waals surface area (Å²) in [6.07, 6.45) is 0. The first-order valence-electron chi connectivity index (χ1n) is 52.5. The Morgan fingerprint density at radius 2 is 0.513 bits per heavy atom. The summed E-state index contributed by atoms with van der Waals surface area (Å²) >= 11 is 0. The van der Waals surface area contributed by atoms with Crippen LogP contribution in [-0.2, 0) is 37.9 Å². The van der Waals surface area contributed by atoms with E-state index >= 15 is 0 Å². The Morgan fingerprint density at radius 1 is 0.173 bits per heavy atom. The maximum atomic E-state index is 6.26. The highest BCUT2D eigenvalue weighted by Crippen LogP contribution is 2.62. The normalized spacial score (nSPS) is 15.1. The molecule has 0 unspecified atom stereocenters. The number of furan rings is 2. The van der Waals surface area contributed by atoms with Gasteiger partial charge in [-0.3, -0.25) is 0 Å². The zero-order valence-corrected chi connectivity index (χ0v) is 86.8. The summed E-state index contributed by atoms with van der Waals surface area (Å²) in [6, 6.07) is 151. The number of para-hydroxylation sites is 3. The van der Waals surface area contributed by atoms with Crippen LogP contribution in [0.25, 0.3) is 221 Å². The number of rotatable bonds is 9. The quantitative estimate of drug-likeness (QED) is 0.131. The molecular formula is C141H111N7O2. The van der Waals surface area contributed by atoms with E-state index < -0.39 is 0 Å². The van der Waals surface area contributed by atoms with E-state index in [0.717, 1.165) is 94.0 Å². The molecule has 0 saturated carbocycles. The highest BCUT2D eigenvalue weighted by Gasteiger charge is 2.50. The van der Waals surface area contributed by atoms with E-state index in [1.54, 1.807) is 0 Å². The van der Waals surface area contributed by atoms with Gasteiger partial charge in [0.15, 0.2) is 34.9 Å². The fourth-order valence-corrected chi connectivity index (χ4v) is 25.4. The van der Waals surface area contributed by atoms with Crippen LogP contribution in [0.4, 0.5) is 17.1 Å². The van der Waals surface area contributed by atoms with Crippen molar-refractivity contribution in [2.24, 2.45) is 0 Å². The van der Waals surface area contributed by atoms with Crippen molar-refractivity contribution in [3.63, 3.8) is 0 Å². The van der Waals surface area contributed by atoms with Crippen molar-refractivity contribution in [1.29, 1.82) is 0 Å². The third kappa shape index (κ3) is 13.9. The lowest BCUT2D eigenvalue weighted by atomic mass is 9.55. The Hall–Kier alpha value is -17.4. The van der Waals surface area contributed by atoms with Crippen molar-refractivity contribution in [2.45, 2.75) is 135 Å². The van der Waals surface area contributed by atoms with Gasteiger partial charge in [-0.15, -0.1) is 0 Å². The molecule has 0 saturated heterocycles. The Morgan fingerprint density at radius 3 is 1.05 bits per heavy atom. The smallest absolute Gasteiger partial charge is 0.164 e. The molecule has 4 aliphatic carbocycles. The minimum Gasteiger partial charge on any atom is -0.456 e. The number of anilines is 3. The van der Waals surface area contributed by atoms with Crippen molar-refractivity contribution in [2.75, 3.05) is 4.90 Å². The second-order valence-electron chi connectivity index (χ2n) is 45.1. The summed E-state index contributed by atoms with van der Waals surface area (Å²) < 4.78 is 12.5. The second kappa shape index (κ2) is 33.8. The fraction of sp³-hybridized carbons (Fsp3) is 0.149. The number of fused-ring (bicyclic) bond motifs is 30. The van der Waals surface area contributed by atoms with E-state index in [1.807, 2.05) is 103 Å². The van der Waals surface area contributed by atoms with Gasteiger partial charge in [0, 0.05) is 77.4 Å². The third-order valence-corrected chi connectivity index (χ3v) is 35.5. The molecule has 0 amide bonds. The molecule has 0 spiro atoms. The first kappa shape index (κ1) is 91.3. The average Bonchev–Trinajstić information content (AvgIpc) is 0.944. The van der Waals surface area contributed by atoms with Gasteiger partial charge < -0.3 is 13.7 Å². The van der Waals surface area contributed by atoms with Crippen molar-refractivity contribution in [3.05, 3.63) is 463 Å². The Kier molecular flexibility index (Phi) is 20.6. The van der Waals surface area contributed by atoms with E-state index in [2.05, 4.69) is 417 Å². The lowest BCUT2D eigenvalue weighted by Crippen LogP contribution is -2.43. The molecule has 29 rings (SSSR count). The lowest BCUT2D eigenvalue weighted by Gasteiger charge is -2.48. The highest BCUT2D eigenvalue weighted by atomic mass is 16.3. The molecule has 0 radical (unpaired) electrons. The topological polar surface area (TPSA) is 107 Å². The van der Waals surface area contributed by atoms with Gasteiger partial charge in [0.25, 0.3) is 0 Å². The number of hydrogen-bond acceptors (Lipinski definition) is 9. The van der Waals surface area contributed by atoms with Gasteiger partial charge in [0.1, 0.15) is 22.3 Å². The molecule has 9 heteroatoms. The zero-order valence-electron chi connectivity index (χ0n) is 86.8. The minimum absolute atomic E-state index is 0.00880. The Labute approximate surface area is 873 Å². The molecule has 21 aromatic carbocycles. The van der Waals surface area contributed by atoms with Gasteiger partial charge in [-0.25, -0.2) is 29.9 Å². The fourth-order valence-electron chi connectivity index (χ4n) is 25.4. The molecule has 4 aromatic heterocycles. The molecule has 25 aromatic rings. The van der Waals surface area contributed by atoms with Crippen LogP contribution in [0.15, 0.2) is 427 Å². The molecule has 0 fully saturated rings. The zero-order chi connectivity index (χ0) is 102. The van der Waals surface area contributed by atoms with Crippen LogP contribution in [0.1, 0.15) is 141 Å². The Balaban J connectivity index is 0.000000111. The van der Waals surface area contributed by atoms with Gasteiger partial charge in [-0.05, 0) is 265 Å². The van der Waals surface area contributed by atoms with Crippen LogP contribution < -0.4 is 4.90 Å². The first-order valence-corrected chi connectivity index (χ1v) is 52.5. The standard InChI is InChI=1S/2C47H35N3O.C47H41N/c1-46(2)36-18-10-8-15-32(36)42-37(47(46,3)4)26-25-29-23-21-28-22-24-31(27-35(28)40(29)42)44-48-43(30-13-6-5-7-14-30)49-45(50-44)34-17-12-20-39-41(34)33-16-9-11-19-38(33)51-39;1-46(2)37-16-10-8-15-36(37)42-38(47(46,3)4)25-22-28-18-19-30-26-31(20-23-33(30)41(28)42)44-48-43(29-12-6-5-7-13-29)49-45(50-44)32-21-24-35-34-14-9-11-17-39(34)51-40(35)27-32;1-45(2)39-18-12-10-16-35(39)36-26-25-34(29-42(36)45)48(32-14-8-7-9-15-32)33-24-22-30-20-21-31-23-27-41-44(43(31)38(30)28-33)37-17-11-13-19-40(37)46(3,4)47(41,5)6/h2*5-27H,1-4H3;7-29H,1-6H3. The lowest BCUT2D eigenvalue weighted by molar-refractivity contribution is 0.299. The van der Waals surface area contributed by atoms with Gasteiger partial charge in [0.05, 0.1) is 0 Å². The van der Waals surface area contributed by atoms with Crippen molar-refractivity contribution >= 4 is 126 Å². The van der Waals surface area contributed by atoms with Gasteiger partial charge >= 0.3 is 0 Å². The average molecular weight is 1940 g/mol. The minimum atomic E-state index is -0.0867. The van der Waals surface area contributed by atoms with Crippen LogP contribution >= 0.6 is 0 Å². The molecule has 150 heavy (non-hydrogen) atoms. The first-order chi connectivity index (χ1) is 72.7. The molecule has 4 heterocycles. The van der Waals surface area contributed by atoms with Crippen LogP contribution in [0.5, 0.6) is 0 Å². The molecule has 4 aliphatic rings. The van der Waals surface area contributed by atoms with E-state index in [-0.39, 0.29) is 37.9 Å². The monoisotopic (exact) mass is 1930 g/mol. The number of aromatic nitrogens is 6. The second-order valence-corrected chi connectivity index (χ2v) is 45.1. The van der Waals surface area contributed by atoms with Crippen molar-refractivity contribution < 1.29 is 8.83 Å². The third-order valence-electron chi connectivity index (χ3n) is 35.5. The molecule has 9 nitrogen and oxygen atoms in total. The largest absolute Gasteiger partial charge is 0.456 e. The van der Waals surface area contributed by atoms with Crippen LogP contribution in [0, 0.1) is 0 Å². The number of nitrogens with zero attached hydrogens (tertiary/aromatic N) is 7. The van der Waals surface area contributed by atoms with Gasteiger partial charge in [-0.2, -0.15) is 0 Å². The molecule has 0 N–H and O–H groups in total. The van der Waals surface area contributed by atoms with Crippen LogP contribution in [-0.4, -0.2) is 29.9 Å². The SMILES string of the molecule is CC1(C)c2ccccc2-c2c(ccc3ccc4cc(-c5nc(-c6ccccc6)nc(-c6ccc7c(c6)oc6ccccc67)n5)ccc4c23)C1(C)C.CC1(C)c2ccccc2-c2c(ccc3ccc4ccc(-c5nc(-c6ccccc6)nc(-c6cccc7oc8ccccc8c67)n5)cc4c23)C1(C)C.CC1(C)c2ccccc2-c2ccc(N(c3ccccc3)c3ccc4ccc5ccc6c(c5c4c3)-c3ccccc3C(C)(C)C6(C)C)cc21. The summed E-state index contributed by atoms with van der Waals surface area (Å²) in [5, 5.41) is 19.2. The molecule has 0 aliphatic heterocycles. The van der Waals surface area contributed by atoms with Gasteiger partial charge in [0.2, 0.25) is 0 Å². The van der Waals surface area contributed by atoms with E-state index in [0.29, 0.717) is 34.9 Å². The maximum absolute atomic E-state index is 6.26. The predicted octanol–water partition coefficient (Wildman–Crippen LogP) is 37.6. The summed E-state index contributed by atoms with van der Waals surface area (Å²) in [4.78, 5) is 33.0. The summed E-state index contributed by atoms with van der Waals surface area (Å²) in [5.74, 6) is 3.76. The van der Waals surface area contributed by atoms with Crippen LogP contribution in [0.2, 0.25) is 0 Å². The number of benzene rings is 21. The molecular weight excluding hydrogens is 1820 g/mol.